The molecule has 26 heavy (non-hydrogen) atoms. The zero-order valence-electron chi connectivity index (χ0n) is 14.9. The van der Waals surface area contributed by atoms with Gasteiger partial charge in [-0.05, 0) is 25.0 Å². The van der Waals surface area contributed by atoms with Gasteiger partial charge in [0.05, 0.1) is 5.75 Å². The molecule has 0 amide bonds. The molecule has 3 rings (SSSR count). The molecule has 0 unspecified atom stereocenters. The second-order valence-corrected chi connectivity index (χ2v) is 6.74. The number of thioether (sulfide) groups is 1. The molecule has 2 aromatic carbocycles. The smallest absolute Gasteiger partial charge is 0.316 e. The van der Waals surface area contributed by atoms with Crippen molar-refractivity contribution in [1.29, 1.82) is 0 Å². The minimum Gasteiger partial charge on any atom is -0.460 e. The quantitative estimate of drug-likeness (QED) is 0.465. The summed E-state index contributed by atoms with van der Waals surface area (Å²) in [6.45, 7) is 5.12. The van der Waals surface area contributed by atoms with E-state index in [-0.39, 0.29) is 18.3 Å². The van der Waals surface area contributed by atoms with Crippen molar-refractivity contribution >= 4 is 17.7 Å². The number of ether oxygens (including phenoxy) is 1. The first-order valence-corrected chi connectivity index (χ1v) is 9.49. The highest BCUT2D eigenvalue weighted by Gasteiger charge is 2.16. The molecule has 0 bridgehead atoms. The Morgan fingerprint density at radius 3 is 2.54 bits per heavy atom. The number of carbonyl (C=O) groups is 1. The van der Waals surface area contributed by atoms with Crippen molar-refractivity contribution in [2.24, 2.45) is 0 Å². The molecule has 6 heteroatoms. The van der Waals surface area contributed by atoms with E-state index in [9.17, 15) is 4.79 Å². The van der Waals surface area contributed by atoms with Crippen molar-refractivity contribution in [2.75, 3.05) is 5.75 Å². The zero-order valence-corrected chi connectivity index (χ0v) is 15.7. The topological polar surface area (TPSA) is 57.0 Å². The van der Waals surface area contributed by atoms with Crippen LogP contribution in [-0.4, -0.2) is 26.5 Å². The Balaban J connectivity index is 1.63. The van der Waals surface area contributed by atoms with E-state index in [1.807, 2.05) is 60.0 Å². The number of carbonyl (C=O) groups excluding carboxylic acids is 1. The summed E-state index contributed by atoms with van der Waals surface area (Å²) >= 11 is 1.35. The van der Waals surface area contributed by atoms with Gasteiger partial charge in [0.2, 0.25) is 0 Å². The van der Waals surface area contributed by atoms with E-state index in [0.717, 1.165) is 34.2 Å². The lowest BCUT2D eigenvalue weighted by molar-refractivity contribution is -0.141. The standard InChI is InChI=1S/C20H21N3O2S/c1-3-23-19(17-12-8-7-9-15(17)2)21-22-20(23)26-14-18(24)25-13-16-10-5-4-6-11-16/h4-12H,3,13-14H2,1-2H3. The minimum atomic E-state index is -0.262. The van der Waals surface area contributed by atoms with Crippen LogP contribution in [0.2, 0.25) is 0 Å². The maximum atomic E-state index is 12.0. The maximum Gasteiger partial charge on any atom is 0.316 e. The molecule has 134 valence electrons. The fraction of sp³-hybridized carbons (Fsp3) is 0.250. The van der Waals surface area contributed by atoms with Crippen molar-refractivity contribution in [3.05, 3.63) is 65.7 Å². The number of aryl methyl sites for hydroxylation is 1. The average molecular weight is 367 g/mol. The van der Waals surface area contributed by atoms with Gasteiger partial charge in [-0.15, -0.1) is 10.2 Å². The average Bonchev–Trinajstić information content (AvgIpc) is 3.08. The number of hydrogen-bond donors (Lipinski definition) is 0. The fourth-order valence-corrected chi connectivity index (χ4v) is 3.41. The maximum absolute atomic E-state index is 12.0. The van der Waals surface area contributed by atoms with Crippen molar-refractivity contribution in [3.63, 3.8) is 0 Å². The van der Waals surface area contributed by atoms with Crippen LogP contribution in [0.25, 0.3) is 11.4 Å². The van der Waals surface area contributed by atoms with Gasteiger partial charge in [0, 0.05) is 12.1 Å². The van der Waals surface area contributed by atoms with E-state index in [0.29, 0.717) is 0 Å². The molecule has 0 aliphatic rings. The van der Waals surface area contributed by atoms with Gasteiger partial charge in [0.25, 0.3) is 0 Å². The Bertz CT molecular complexity index is 878. The molecule has 0 N–H and O–H groups in total. The molecular formula is C20H21N3O2S. The normalized spacial score (nSPS) is 10.7. The fourth-order valence-electron chi connectivity index (χ4n) is 2.61. The molecule has 1 heterocycles. The molecule has 0 saturated carbocycles. The molecule has 0 saturated heterocycles. The SMILES string of the molecule is CCn1c(SCC(=O)OCc2ccccc2)nnc1-c1ccccc1C. The second kappa shape index (κ2) is 8.67. The lowest BCUT2D eigenvalue weighted by Gasteiger charge is -2.09. The van der Waals surface area contributed by atoms with E-state index < -0.39 is 0 Å². The molecule has 5 nitrogen and oxygen atoms in total. The van der Waals surface area contributed by atoms with E-state index in [4.69, 9.17) is 4.74 Å². The van der Waals surface area contributed by atoms with Gasteiger partial charge in [-0.3, -0.25) is 4.79 Å². The molecule has 0 aliphatic heterocycles. The number of rotatable bonds is 7. The first kappa shape index (κ1) is 18.2. The van der Waals surface area contributed by atoms with E-state index in [1.165, 1.54) is 11.8 Å². The van der Waals surface area contributed by atoms with Crippen LogP contribution >= 0.6 is 11.8 Å². The number of hydrogen-bond acceptors (Lipinski definition) is 5. The van der Waals surface area contributed by atoms with Crippen LogP contribution in [0.4, 0.5) is 0 Å². The molecular weight excluding hydrogens is 346 g/mol. The van der Waals surface area contributed by atoms with Crippen molar-refractivity contribution in [2.45, 2.75) is 32.2 Å². The summed E-state index contributed by atoms with van der Waals surface area (Å²) < 4.78 is 7.34. The summed E-state index contributed by atoms with van der Waals surface area (Å²) in [4.78, 5) is 12.0. The van der Waals surface area contributed by atoms with Crippen LogP contribution < -0.4 is 0 Å². The van der Waals surface area contributed by atoms with Gasteiger partial charge < -0.3 is 9.30 Å². The summed E-state index contributed by atoms with van der Waals surface area (Å²) in [5.74, 6) is 0.770. The molecule has 0 atom stereocenters. The van der Waals surface area contributed by atoms with Crippen molar-refractivity contribution < 1.29 is 9.53 Å². The van der Waals surface area contributed by atoms with Gasteiger partial charge in [0.1, 0.15) is 6.61 Å². The van der Waals surface area contributed by atoms with Crippen LogP contribution in [0.1, 0.15) is 18.1 Å². The summed E-state index contributed by atoms with van der Waals surface area (Å²) in [6.07, 6.45) is 0. The highest BCUT2D eigenvalue weighted by Crippen LogP contribution is 2.26. The Labute approximate surface area is 157 Å². The first-order chi connectivity index (χ1) is 12.7. The molecule has 0 aliphatic carbocycles. The summed E-state index contributed by atoms with van der Waals surface area (Å²) in [6, 6.07) is 17.7. The van der Waals surface area contributed by atoms with E-state index in [2.05, 4.69) is 23.2 Å². The Morgan fingerprint density at radius 1 is 1.08 bits per heavy atom. The third kappa shape index (κ3) is 4.32. The molecule has 0 fully saturated rings. The highest BCUT2D eigenvalue weighted by atomic mass is 32.2. The zero-order chi connectivity index (χ0) is 18.4. The number of aromatic nitrogens is 3. The van der Waals surface area contributed by atoms with Crippen LogP contribution in [0.3, 0.4) is 0 Å². The second-order valence-electron chi connectivity index (χ2n) is 5.80. The van der Waals surface area contributed by atoms with E-state index in [1.54, 1.807) is 0 Å². The first-order valence-electron chi connectivity index (χ1n) is 8.50. The molecule has 0 spiro atoms. The number of nitrogens with zero attached hydrogens (tertiary/aromatic N) is 3. The Morgan fingerprint density at radius 2 is 1.81 bits per heavy atom. The predicted molar refractivity (Wildman–Crippen MR) is 103 cm³/mol. The van der Waals surface area contributed by atoms with Gasteiger partial charge in [-0.25, -0.2) is 0 Å². The van der Waals surface area contributed by atoms with Gasteiger partial charge >= 0.3 is 5.97 Å². The summed E-state index contributed by atoms with van der Waals surface area (Å²) in [5, 5.41) is 9.32. The molecule has 0 radical (unpaired) electrons. The number of benzene rings is 2. The van der Waals surface area contributed by atoms with E-state index >= 15 is 0 Å². The van der Waals surface area contributed by atoms with Gasteiger partial charge in [-0.2, -0.15) is 0 Å². The summed E-state index contributed by atoms with van der Waals surface area (Å²) in [5.41, 5.74) is 3.18. The largest absolute Gasteiger partial charge is 0.460 e. The lowest BCUT2D eigenvalue weighted by atomic mass is 10.1. The van der Waals surface area contributed by atoms with Crippen molar-refractivity contribution in [3.8, 4) is 11.4 Å². The number of esters is 1. The van der Waals surface area contributed by atoms with Crippen LogP contribution in [0.5, 0.6) is 0 Å². The van der Waals surface area contributed by atoms with Crippen LogP contribution in [-0.2, 0) is 22.7 Å². The highest BCUT2D eigenvalue weighted by molar-refractivity contribution is 7.99. The molecule has 1 aromatic heterocycles. The minimum absolute atomic E-state index is 0.207. The van der Waals surface area contributed by atoms with Crippen molar-refractivity contribution in [1.82, 2.24) is 14.8 Å². The monoisotopic (exact) mass is 367 g/mol. The predicted octanol–water partition coefficient (Wildman–Crippen LogP) is 4.11. The third-order valence-electron chi connectivity index (χ3n) is 3.98. The lowest BCUT2D eigenvalue weighted by Crippen LogP contribution is -2.08. The van der Waals surface area contributed by atoms with Gasteiger partial charge in [-0.1, -0.05) is 66.4 Å². The summed E-state index contributed by atoms with van der Waals surface area (Å²) in [7, 11) is 0. The third-order valence-corrected chi connectivity index (χ3v) is 4.92. The van der Waals surface area contributed by atoms with Crippen LogP contribution in [0.15, 0.2) is 59.8 Å². The Kier molecular flexibility index (Phi) is 6.07. The Hall–Kier alpha value is -2.60. The van der Waals surface area contributed by atoms with Gasteiger partial charge in [0.15, 0.2) is 11.0 Å². The van der Waals surface area contributed by atoms with Crippen LogP contribution in [0, 0.1) is 6.92 Å². The molecule has 3 aromatic rings.